The van der Waals surface area contributed by atoms with Crippen LogP contribution in [0.25, 0.3) is 0 Å². The summed E-state index contributed by atoms with van der Waals surface area (Å²) in [6, 6.07) is 0. The Kier molecular flexibility index (Phi) is 27.1. The van der Waals surface area contributed by atoms with Crippen LogP contribution in [0.15, 0.2) is 6.20 Å². The molecule has 0 aromatic carbocycles. The Morgan fingerprint density at radius 3 is 1.92 bits per heavy atom. The predicted molar refractivity (Wildman–Crippen MR) is 182 cm³/mol. The van der Waals surface area contributed by atoms with E-state index in [0.717, 1.165) is 18.7 Å². The van der Waals surface area contributed by atoms with Gasteiger partial charge in [-0.25, -0.2) is 0 Å². The molecule has 0 saturated carbocycles. The first-order valence-corrected chi connectivity index (χ1v) is 17.6. The van der Waals surface area contributed by atoms with Gasteiger partial charge in [-0.15, -0.1) is 5.10 Å². The zero-order valence-corrected chi connectivity index (χ0v) is 30.2. The summed E-state index contributed by atoms with van der Waals surface area (Å²) < 4.78 is 33.9. The van der Waals surface area contributed by atoms with Gasteiger partial charge in [0.05, 0.1) is 58.5 Å². The second-order valence-electron chi connectivity index (χ2n) is 12.3. The second-order valence-corrected chi connectivity index (χ2v) is 12.3. The van der Waals surface area contributed by atoms with Crippen LogP contribution in [0.2, 0.25) is 0 Å². The molecule has 0 saturated heterocycles. The summed E-state index contributed by atoms with van der Waals surface area (Å²) >= 11 is 0. The smallest absolute Gasteiger partial charge is 0.246 e. The number of unbranched alkanes of at least 4 members (excludes halogenated alkanes) is 1. The number of aryl methyl sites for hydroxylation is 2. The quantitative estimate of drug-likeness (QED) is 0.100. The molecule has 0 aliphatic rings. The number of carbonyl (C=O) groups excluding carboxylic acids is 4. The van der Waals surface area contributed by atoms with Gasteiger partial charge >= 0.3 is 0 Å². The Hall–Kier alpha value is -2.82. The van der Waals surface area contributed by atoms with Gasteiger partial charge in [0.15, 0.2) is 11.6 Å². The van der Waals surface area contributed by atoms with Gasteiger partial charge in [-0.3, -0.25) is 23.9 Å². The normalized spacial score (nSPS) is 11.4. The number of carbonyl (C=O) groups is 4. The second kappa shape index (κ2) is 30.0. The van der Waals surface area contributed by atoms with Crippen molar-refractivity contribution in [3.8, 4) is 0 Å². The number of nitrogens with one attached hydrogen (secondary N) is 2. The minimum absolute atomic E-state index is 0.0129. The van der Waals surface area contributed by atoms with E-state index < -0.39 is 0 Å². The molecular formula is C34H61N5O10. The molecule has 2 N–H and O–H groups in total. The monoisotopic (exact) mass is 699 g/mol. The molecule has 0 spiro atoms. The lowest BCUT2D eigenvalue weighted by Crippen LogP contribution is -2.31. The Balaban J connectivity index is 1.83. The van der Waals surface area contributed by atoms with E-state index in [1.807, 2.05) is 24.7 Å². The summed E-state index contributed by atoms with van der Waals surface area (Å²) in [4.78, 5) is 47.2. The number of Topliss-reactive ketones (excluding diaryl/α,β-unsaturated/α-hetero) is 2. The zero-order valence-electron chi connectivity index (χ0n) is 30.2. The van der Waals surface area contributed by atoms with Crippen LogP contribution in [0, 0.1) is 11.8 Å². The summed E-state index contributed by atoms with van der Waals surface area (Å²) in [5.74, 6) is 0.384. The third kappa shape index (κ3) is 27.7. The van der Waals surface area contributed by atoms with Crippen molar-refractivity contribution in [1.29, 1.82) is 0 Å². The van der Waals surface area contributed by atoms with Crippen molar-refractivity contribution in [3.63, 3.8) is 0 Å². The molecule has 1 heterocycles. The molecule has 0 aliphatic carbocycles. The van der Waals surface area contributed by atoms with Gasteiger partial charge in [-0.2, -0.15) is 0 Å². The van der Waals surface area contributed by atoms with Crippen molar-refractivity contribution in [3.05, 3.63) is 11.9 Å². The highest BCUT2D eigenvalue weighted by Crippen LogP contribution is 2.07. The Labute approximate surface area is 291 Å². The number of aromatic nitrogens is 3. The van der Waals surface area contributed by atoms with E-state index in [-0.39, 0.29) is 62.3 Å². The lowest BCUT2D eigenvalue weighted by Gasteiger charge is -2.09. The summed E-state index contributed by atoms with van der Waals surface area (Å²) in [6.45, 7) is 12.7. The van der Waals surface area contributed by atoms with E-state index in [9.17, 15) is 19.2 Å². The fraction of sp³-hybridized carbons (Fsp3) is 0.824. The third-order valence-corrected chi connectivity index (χ3v) is 6.99. The number of rotatable bonds is 34. The minimum atomic E-state index is -0.253. The molecule has 15 nitrogen and oxygen atoms in total. The molecule has 49 heavy (non-hydrogen) atoms. The molecule has 0 unspecified atom stereocenters. The van der Waals surface area contributed by atoms with Crippen LogP contribution >= 0.6 is 0 Å². The van der Waals surface area contributed by atoms with Crippen LogP contribution in [0.5, 0.6) is 0 Å². The first-order chi connectivity index (χ1) is 23.7. The van der Waals surface area contributed by atoms with Gasteiger partial charge in [0.25, 0.3) is 0 Å². The highest BCUT2D eigenvalue weighted by molar-refractivity contribution is 5.81. The molecule has 0 bridgehead atoms. The van der Waals surface area contributed by atoms with Gasteiger partial charge in [-0.1, -0.05) is 45.7 Å². The Bertz CT molecular complexity index is 1020. The maximum absolute atomic E-state index is 12.1. The lowest BCUT2D eigenvalue weighted by atomic mass is 10.1. The van der Waals surface area contributed by atoms with Crippen LogP contribution in [0.4, 0.5) is 0 Å². The molecule has 1 rings (SSSR count). The average molecular weight is 700 g/mol. The van der Waals surface area contributed by atoms with Crippen molar-refractivity contribution in [1.82, 2.24) is 25.6 Å². The van der Waals surface area contributed by atoms with Crippen LogP contribution in [-0.2, 0) is 60.6 Å². The lowest BCUT2D eigenvalue weighted by molar-refractivity contribution is -0.128. The molecule has 1 aromatic heterocycles. The highest BCUT2D eigenvalue weighted by Gasteiger charge is 2.08. The summed E-state index contributed by atoms with van der Waals surface area (Å²) in [6.07, 6.45) is 7.16. The number of ether oxygens (including phenoxy) is 6. The van der Waals surface area contributed by atoms with Crippen molar-refractivity contribution in [2.45, 2.75) is 79.2 Å². The van der Waals surface area contributed by atoms with Crippen molar-refractivity contribution in [2.75, 3.05) is 92.4 Å². The summed E-state index contributed by atoms with van der Waals surface area (Å²) in [7, 11) is 0. The van der Waals surface area contributed by atoms with Crippen LogP contribution < -0.4 is 10.6 Å². The summed E-state index contributed by atoms with van der Waals surface area (Å²) in [5, 5.41) is 13.8. The molecule has 0 atom stereocenters. The van der Waals surface area contributed by atoms with E-state index in [1.54, 1.807) is 0 Å². The maximum Gasteiger partial charge on any atom is 0.246 e. The van der Waals surface area contributed by atoms with Crippen molar-refractivity contribution in [2.24, 2.45) is 11.8 Å². The highest BCUT2D eigenvalue weighted by atomic mass is 16.5. The van der Waals surface area contributed by atoms with Gasteiger partial charge < -0.3 is 39.1 Å². The largest absolute Gasteiger partial charge is 0.379 e. The van der Waals surface area contributed by atoms with Crippen LogP contribution in [0.1, 0.15) is 71.9 Å². The molecule has 0 radical (unpaired) electrons. The first kappa shape index (κ1) is 44.2. The number of hydrogen-bond donors (Lipinski definition) is 2. The molecule has 1 aromatic rings. The standard InChI is InChI=1S/C34H61N5O10/c1-28(2)8-5-6-14-39-24-30(37-38-39)10-11-33(42)35-12-16-45-19-21-47-25-31(40)9-7-15-44-18-23-49-27-34(43)36-13-17-46-20-22-48-26-32(41)29(3)4/h24,28-29H,5-23,25-27H2,1-4H3,(H,35,42)(H,36,43). The number of hydrogen-bond acceptors (Lipinski definition) is 12. The van der Waals surface area contributed by atoms with Gasteiger partial charge in [-0.05, 0) is 18.8 Å². The number of nitrogens with zero attached hydrogens (tertiary/aromatic N) is 3. The SMILES string of the molecule is CC(C)CCCCn1cc(CCC(=O)NCCOCCOCC(=O)CCCOCCOCC(=O)NCCOCCOCC(=O)C(C)C)nn1. The number of ketones is 2. The van der Waals surface area contributed by atoms with E-state index in [4.69, 9.17) is 28.4 Å². The molecule has 282 valence electrons. The molecule has 2 amide bonds. The Morgan fingerprint density at radius 2 is 1.27 bits per heavy atom. The van der Waals surface area contributed by atoms with Gasteiger partial charge in [0.1, 0.15) is 19.8 Å². The van der Waals surface area contributed by atoms with Crippen LogP contribution in [-0.4, -0.2) is 131 Å². The van der Waals surface area contributed by atoms with E-state index in [2.05, 4.69) is 34.8 Å². The van der Waals surface area contributed by atoms with Gasteiger partial charge in [0.2, 0.25) is 11.8 Å². The Morgan fingerprint density at radius 1 is 0.673 bits per heavy atom. The fourth-order valence-corrected chi connectivity index (χ4v) is 4.09. The van der Waals surface area contributed by atoms with E-state index in [0.29, 0.717) is 90.9 Å². The van der Waals surface area contributed by atoms with Crippen molar-refractivity contribution < 1.29 is 47.6 Å². The van der Waals surface area contributed by atoms with E-state index >= 15 is 0 Å². The summed E-state index contributed by atoms with van der Waals surface area (Å²) in [5.41, 5.74) is 0.814. The average Bonchev–Trinajstić information content (AvgIpc) is 3.53. The predicted octanol–water partition coefficient (Wildman–Crippen LogP) is 1.94. The third-order valence-electron chi connectivity index (χ3n) is 6.99. The van der Waals surface area contributed by atoms with Gasteiger partial charge in [0, 0.05) is 57.6 Å². The molecular weight excluding hydrogens is 638 g/mol. The van der Waals surface area contributed by atoms with Crippen molar-refractivity contribution >= 4 is 23.4 Å². The minimum Gasteiger partial charge on any atom is -0.379 e. The van der Waals surface area contributed by atoms with Crippen LogP contribution in [0.3, 0.4) is 0 Å². The topological polar surface area (TPSA) is 178 Å². The maximum atomic E-state index is 12.1. The molecule has 15 heteroatoms. The number of amides is 2. The molecule has 0 fully saturated rings. The molecule has 0 aliphatic heterocycles. The zero-order chi connectivity index (χ0) is 36.0. The van der Waals surface area contributed by atoms with E-state index in [1.165, 1.54) is 12.8 Å². The first-order valence-electron chi connectivity index (χ1n) is 17.6. The fourth-order valence-electron chi connectivity index (χ4n) is 4.09.